The van der Waals surface area contributed by atoms with Crippen molar-refractivity contribution in [1.29, 1.82) is 0 Å². The minimum Gasteiger partial charge on any atom is -0.489 e. The van der Waals surface area contributed by atoms with Gasteiger partial charge in [-0.2, -0.15) is 0 Å². The molecule has 0 spiro atoms. The van der Waals surface area contributed by atoms with Gasteiger partial charge in [-0.05, 0) is 38.5 Å². The number of hydrogen-bond acceptors (Lipinski definition) is 1. The molecule has 0 heterocycles. The molecule has 66 valence electrons. The molecule has 0 radical (unpaired) electrons. The summed E-state index contributed by atoms with van der Waals surface area (Å²) in [6.07, 6.45) is 0.171. The SMILES string of the molecule is Cc1ccc(Cl)c(OC(C)C)c1. The fourth-order valence-electron chi connectivity index (χ4n) is 0.955. The molecule has 0 atom stereocenters. The zero-order valence-electron chi connectivity index (χ0n) is 7.60. The molecule has 0 saturated heterocycles. The lowest BCUT2D eigenvalue weighted by atomic mass is 10.2. The summed E-state index contributed by atoms with van der Waals surface area (Å²) in [5.41, 5.74) is 1.16. The Labute approximate surface area is 78.3 Å². The maximum Gasteiger partial charge on any atom is 0.138 e. The molecule has 0 N–H and O–H groups in total. The highest BCUT2D eigenvalue weighted by molar-refractivity contribution is 6.32. The van der Waals surface area contributed by atoms with Crippen LogP contribution in [-0.2, 0) is 0 Å². The fourth-order valence-corrected chi connectivity index (χ4v) is 1.12. The van der Waals surface area contributed by atoms with Crippen molar-refractivity contribution in [3.8, 4) is 5.75 Å². The summed E-state index contributed by atoms with van der Waals surface area (Å²) in [6, 6.07) is 5.77. The van der Waals surface area contributed by atoms with Crippen molar-refractivity contribution in [2.24, 2.45) is 0 Å². The summed E-state index contributed by atoms with van der Waals surface area (Å²) >= 11 is 5.92. The molecule has 0 aliphatic rings. The van der Waals surface area contributed by atoms with Crippen LogP contribution in [-0.4, -0.2) is 6.10 Å². The lowest BCUT2D eigenvalue weighted by Crippen LogP contribution is -2.05. The van der Waals surface area contributed by atoms with Gasteiger partial charge in [0.15, 0.2) is 0 Å². The normalized spacial score (nSPS) is 10.4. The van der Waals surface area contributed by atoms with Crippen molar-refractivity contribution in [1.82, 2.24) is 0 Å². The van der Waals surface area contributed by atoms with Crippen LogP contribution in [0.4, 0.5) is 0 Å². The molecule has 0 bridgehead atoms. The van der Waals surface area contributed by atoms with Crippen molar-refractivity contribution < 1.29 is 4.74 Å². The first-order chi connectivity index (χ1) is 5.59. The highest BCUT2D eigenvalue weighted by Gasteiger charge is 2.02. The maximum absolute atomic E-state index is 5.92. The van der Waals surface area contributed by atoms with Crippen molar-refractivity contribution in [3.05, 3.63) is 28.8 Å². The molecule has 0 aliphatic carbocycles. The summed E-state index contributed by atoms with van der Waals surface area (Å²) in [5, 5.41) is 0.675. The molecule has 0 aromatic heterocycles. The first-order valence-corrected chi connectivity index (χ1v) is 4.40. The van der Waals surface area contributed by atoms with Crippen LogP contribution in [0.2, 0.25) is 5.02 Å². The lowest BCUT2D eigenvalue weighted by molar-refractivity contribution is 0.242. The van der Waals surface area contributed by atoms with Crippen molar-refractivity contribution >= 4 is 11.6 Å². The highest BCUT2D eigenvalue weighted by atomic mass is 35.5. The van der Waals surface area contributed by atoms with Crippen LogP contribution in [0.1, 0.15) is 19.4 Å². The van der Waals surface area contributed by atoms with Gasteiger partial charge in [-0.25, -0.2) is 0 Å². The van der Waals surface area contributed by atoms with E-state index in [1.165, 1.54) is 0 Å². The maximum atomic E-state index is 5.92. The second-order valence-electron chi connectivity index (χ2n) is 3.10. The zero-order valence-corrected chi connectivity index (χ0v) is 8.35. The summed E-state index contributed by atoms with van der Waals surface area (Å²) in [4.78, 5) is 0. The Morgan fingerprint density at radius 1 is 1.33 bits per heavy atom. The quantitative estimate of drug-likeness (QED) is 0.684. The molecule has 2 heteroatoms. The second-order valence-corrected chi connectivity index (χ2v) is 3.51. The Kier molecular flexibility index (Phi) is 2.99. The predicted molar refractivity (Wildman–Crippen MR) is 52.0 cm³/mol. The average Bonchev–Trinajstić information content (AvgIpc) is 1.96. The summed E-state index contributed by atoms with van der Waals surface area (Å²) in [7, 11) is 0. The summed E-state index contributed by atoms with van der Waals surface area (Å²) in [5.74, 6) is 0.770. The molecular formula is C10H13ClO. The van der Waals surface area contributed by atoms with Crippen molar-refractivity contribution in [2.45, 2.75) is 26.9 Å². The van der Waals surface area contributed by atoms with E-state index >= 15 is 0 Å². The number of ether oxygens (including phenoxy) is 1. The van der Waals surface area contributed by atoms with Crippen LogP contribution in [0.3, 0.4) is 0 Å². The van der Waals surface area contributed by atoms with E-state index in [1.807, 2.05) is 39.0 Å². The smallest absolute Gasteiger partial charge is 0.138 e. The first-order valence-electron chi connectivity index (χ1n) is 4.02. The number of hydrogen-bond donors (Lipinski definition) is 0. The van der Waals surface area contributed by atoms with Gasteiger partial charge in [-0.1, -0.05) is 17.7 Å². The van der Waals surface area contributed by atoms with E-state index in [2.05, 4.69) is 0 Å². The van der Waals surface area contributed by atoms with Gasteiger partial charge in [0.25, 0.3) is 0 Å². The minimum absolute atomic E-state index is 0.171. The standard InChI is InChI=1S/C10H13ClO/c1-7(2)12-10-6-8(3)4-5-9(10)11/h4-7H,1-3H3. The third kappa shape index (κ3) is 2.42. The third-order valence-corrected chi connectivity index (χ3v) is 1.76. The van der Waals surface area contributed by atoms with E-state index in [0.717, 1.165) is 11.3 Å². The molecular weight excluding hydrogens is 172 g/mol. The van der Waals surface area contributed by atoms with Gasteiger partial charge in [0.05, 0.1) is 11.1 Å². The number of rotatable bonds is 2. The number of benzene rings is 1. The molecule has 1 aromatic rings. The van der Waals surface area contributed by atoms with Gasteiger partial charge >= 0.3 is 0 Å². The second kappa shape index (κ2) is 3.81. The van der Waals surface area contributed by atoms with E-state index in [9.17, 15) is 0 Å². The van der Waals surface area contributed by atoms with Crippen LogP contribution in [0.5, 0.6) is 5.75 Å². The van der Waals surface area contributed by atoms with E-state index in [-0.39, 0.29) is 6.10 Å². The van der Waals surface area contributed by atoms with Gasteiger partial charge in [-0.15, -0.1) is 0 Å². The number of halogens is 1. The molecule has 0 fully saturated rings. The zero-order chi connectivity index (χ0) is 9.14. The largest absolute Gasteiger partial charge is 0.489 e. The predicted octanol–water partition coefficient (Wildman–Crippen LogP) is 3.44. The topological polar surface area (TPSA) is 9.23 Å². The Balaban J connectivity index is 2.90. The van der Waals surface area contributed by atoms with Crippen LogP contribution < -0.4 is 4.74 Å². The van der Waals surface area contributed by atoms with Crippen molar-refractivity contribution in [3.63, 3.8) is 0 Å². The monoisotopic (exact) mass is 184 g/mol. The Hall–Kier alpha value is -0.690. The molecule has 1 nitrogen and oxygen atoms in total. The van der Waals surface area contributed by atoms with E-state index in [1.54, 1.807) is 0 Å². The molecule has 1 aromatic carbocycles. The van der Waals surface area contributed by atoms with Crippen LogP contribution in [0.15, 0.2) is 18.2 Å². The Morgan fingerprint density at radius 2 is 2.00 bits per heavy atom. The molecule has 12 heavy (non-hydrogen) atoms. The lowest BCUT2D eigenvalue weighted by Gasteiger charge is -2.11. The van der Waals surface area contributed by atoms with Gasteiger partial charge in [0.1, 0.15) is 5.75 Å². The fraction of sp³-hybridized carbons (Fsp3) is 0.400. The Bertz CT molecular complexity index is 269. The molecule has 0 aliphatic heterocycles. The van der Waals surface area contributed by atoms with Crippen LogP contribution >= 0.6 is 11.6 Å². The van der Waals surface area contributed by atoms with Gasteiger partial charge in [-0.3, -0.25) is 0 Å². The van der Waals surface area contributed by atoms with E-state index in [4.69, 9.17) is 16.3 Å². The average molecular weight is 185 g/mol. The molecule has 0 amide bonds. The molecule has 0 unspecified atom stereocenters. The minimum atomic E-state index is 0.171. The summed E-state index contributed by atoms with van der Waals surface area (Å²) in [6.45, 7) is 5.99. The summed E-state index contributed by atoms with van der Waals surface area (Å²) < 4.78 is 5.49. The third-order valence-electron chi connectivity index (χ3n) is 1.45. The van der Waals surface area contributed by atoms with Gasteiger partial charge < -0.3 is 4.74 Å². The van der Waals surface area contributed by atoms with Crippen LogP contribution in [0.25, 0.3) is 0 Å². The molecule has 0 saturated carbocycles. The number of aryl methyl sites for hydroxylation is 1. The molecule has 1 rings (SSSR count). The van der Waals surface area contributed by atoms with Gasteiger partial charge in [0.2, 0.25) is 0 Å². The van der Waals surface area contributed by atoms with E-state index in [0.29, 0.717) is 5.02 Å². The Morgan fingerprint density at radius 3 is 2.58 bits per heavy atom. The van der Waals surface area contributed by atoms with Gasteiger partial charge in [0, 0.05) is 0 Å². The highest BCUT2D eigenvalue weighted by Crippen LogP contribution is 2.25. The first kappa shape index (κ1) is 9.40. The van der Waals surface area contributed by atoms with Crippen LogP contribution in [0, 0.1) is 6.92 Å². The van der Waals surface area contributed by atoms with E-state index < -0.39 is 0 Å². The van der Waals surface area contributed by atoms with Crippen molar-refractivity contribution in [2.75, 3.05) is 0 Å².